The molecule has 2 aromatic rings. The summed E-state index contributed by atoms with van der Waals surface area (Å²) in [6.07, 6.45) is 0. The van der Waals surface area contributed by atoms with Crippen LogP contribution in [-0.4, -0.2) is 36.0 Å². The molecule has 0 unspecified atom stereocenters. The number of amides is 2. The molecule has 2 heterocycles. The number of carbonyl (C=O) groups excluding carboxylic acids is 2. The Balaban J connectivity index is 1.54. The molecule has 0 spiro atoms. The van der Waals surface area contributed by atoms with Crippen LogP contribution >= 0.6 is 0 Å². The fraction of sp³-hybridized carbons (Fsp3) is 0.333. The van der Waals surface area contributed by atoms with E-state index in [2.05, 4.69) is 36.3 Å². The lowest BCUT2D eigenvalue weighted by Crippen LogP contribution is -2.39. The highest BCUT2D eigenvalue weighted by atomic mass is 16.5. The fourth-order valence-electron chi connectivity index (χ4n) is 3.53. The lowest BCUT2D eigenvalue weighted by atomic mass is 10.0. The van der Waals surface area contributed by atoms with Gasteiger partial charge in [0.2, 0.25) is 0 Å². The first-order chi connectivity index (χ1) is 13.5. The number of nitrogens with zero attached hydrogens (tertiary/aromatic N) is 4. The second kappa shape index (κ2) is 7.07. The third kappa shape index (κ3) is 3.02. The molecule has 2 aromatic carbocycles. The topological polar surface area (TPSA) is 74.6 Å². The van der Waals surface area contributed by atoms with Crippen LogP contribution in [0.1, 0.15) is 30.9 Å². The molecule has 2 aliphatic rings. The predicted octanol–water partition coefficient (Wildman–Crippen LogP) is 3.31. The van der Waals surface area contributed by atoms with Gasteiger partial charge in [0, 0.05) is 0 Å². The van der Waals surface area contributed by atoms with Crippen LogP contribution in [0, 0.1) is 0 Å². The quantitative estimate of drug-likeness (QED) is 0.748. The zero-order valence-corrected chi connectivity index (χ0v) is 16.1. The molecule has 0 aliphatic carbocycles. The zero-order chi connectivity index (χ0) is 19.8. The van der Waals surface area contributed by atoms with Crippen molar-refractivity contribution < 1.29 is 14.3 Å². The Morgan fingerprint density at radius 3 is 2.29 bits per heavy atom. The molecule has 144 valence electrons. The van der Waals surface area contributed by atoms with E-state index in [1.807, 2.05) is 12.1 Å². The smallest absolute Gasteiger partial charge is 0.263 e. The Morgan fingerprint density at radius 1 is 1.00 bits per heavy atom. The van der Waals surface area contributed by atoms with Crippen molar-refractivity contribution >= 4 is 17.5 Å². The molecule has 0 aromatic heterocycles. The molecule has 4 rings (SSSR count). The first-order valence-corrected chi connectivity index (χ1v) is 9.27. The summed E-state index contributed by atoms with van der Waals surface area (Å²) in [5.74, 6) is 0.469. The summed E-state index contributed by atoms with van der Waals surface area (Å²) in [4.78, 5) is 27.0. The van der Waals surface area contributed by atoms with Crippen LogP contribution in [0.25, 0.3) is 0 Å². The molecule has 7 heteroatoms. The van der Waals surface area contributed by atoms with E-state index in [0.717, 1.165) is 5.56 Å². The molecule has 1 saturated heterocycles. The Bertz CT molecular complexity index is 922. The number of anilines is 1. The van der Waals surface area contributed by atoms with Crippen LogP contribution in [0.5, 0.6) is 5.75 Å². The molecule has 7 nitrogen and oxygen atoms in total. The van der Waals surface area contributed by atoms with Crippen molar-refractivity contribution in [3.05, 3.63) is 59.7 Å². The minimum absolute atomic E-state index is 0.302. The molecule has 2 amide bonds. The van der Waals surface area contributed by atoms with Crippen molar-refractivity contribution in [2.75, 3.05) is 12.0 Å². The Hall–Kier alpha value is -3.22. The molecule has 0 bridgehead atoms. The van der Waals surface area contributed by atoms with Crippen molar-refractivity contribution in [2.24, 2.45) is 10.3 Å². The monoisotopic (exact) mass is 378 g/mol. The summed E-state index contributed by atoms with van der Waals surface area (Å²) in [6.45, 7) is 4.72. The van der Waals surface area contributed by atoms with Crippen LogP contribution in [-0.2, 0) is 16.1 Å². The highest BCUT2D eigenvalue weighted by Crippen LogP contribution is 2.33. The summed E-state index contributed by atoms with van der Waals surface area (Å²) in [6, 6.07) is 13.6. The van der Waals surface area contributed by atoms with Crippen LogP contribution in [0.3, 0.4) is 0 Å². The molecule has 0 N–H and O–H groups in total. The molecule has 0 radical (unpaired) electrons. The number of methoxy groups -OCH3 is 1. The van der Waals surface area contributed by atoms with Gasteiger partial charge in [-0.3, -0.25) is 14.6 Å². The second-order valence-corrected chi connectivity index (χ2v) is 7.30. The van der Waals surface area contributed by atoms with Crippen molar-refractivity contribution in [1.82, 2.24) is 5.01 Å². The predicted molar refractivity (Wildman–Crippen MR) is 104 cm³/mol. The van der Waals surface area contributed by atoms with Crippen LogP contribution < -0.4 is 9.64 Å². The molecule has 28 heavy (non-hydrogen) atoms. The standard InChI is InChI=1S/C21H22N4O3/c1-13(2)15-6-4-14(5-7-15)12-24-19-18(22-23-24)20(26)25(21(19)27)16-8-10-17(28-3)11-9-16/h4-11,13,18-19H,12H2,1-3H3/t18-,19+/m1/s1. The molecule has 0 saturated carbocycles. The summed E-state index contributed by atoms with van der Waals surface area (Å²) in [5.41, 5.74) is 2.79. The number of fused-ring (bicyclic) bond motifs is 1. The minimum Gasteiger partial charge on any atom is -0.497 e. The average Bonchev–Trinajstić information content (AvgIpc) is 3.22. The van der Waals surface area contributed by atoms with E-state index < -0.39 is 12.1 Å². The SMILES string of the molecule is COc1ccc(N2C(=O)[C@@H]3[C@@H](N=NN3Cc3ccc(C(C)C)cc3)C2=O)cc1. The lowest BCUT2D eigenvalue weighted by molar-refractivity contribution is -0.123. The third-order valence-corrected chi connectivity index (χ3v) is 5.18. The summed E-state index contributed by atoms with van der Waals surface area (Å²) in [5, 5.41) is 9.79. The van der Waals surface area contributed by atoms with Gasteiger partial charge < -0.3 is 4.74 Å². The third-order valence-electron chi connectivity index (χ3n) is 5.18. The maximum Gasteiger partial charge on any atom is 0.263 e. The number of carbonyl (C=O) groups is 2. The van der Waals surface area contributed by atoms with Gasteiger partial charge in [-0.1, -0.05) is 43.3 Å². The van der Waals surface area contributed by atoms with E-state index in [-0.39, 0.29) is 11.8 Å². The molecule has 2 atom stereocenters. The van der Waals surface area contributed by atoms with Crippen molar-refractivity contribution in [1.29, 1.82) is 0 Å². The molecular weight excluding hydrogens is 356 g/mol. The van der Waals surface area contributed by atoms with Gasteiger partial charge in [0.25, 0.3) is 11.8 Å². The molecule has 2 aliphatic heterocycles. The average molecular weight is 378 g/mol. The maximum atomic E-state index is 13.0. The van der Waals surface area contributed by atoms with Gasteiger partial charge >= 0.3 is 0 Å². The van der Waals surface area contributed by atoms with E-state index in [9.17, 15) is 9.59 Å². The molecular formula is C21H22N4O3. The first kappa shape index (κ1) is 18.2. The van der Waals surface area contributed by atoms with Crippen molar-refractivity contribution in [3.63, 3.8) is 0 Å². The number of benzene rings is 2. The van der Waals surface area contributed by atoms with E-state index in [1.54, 1.807) is 36.4 Å². The van der Waals surface area contributed by atoms with Gasteiger partial charge in [0.1, 0.15) is 5.75 Å². The maximum absolute atomic E-state index is 13.0. The number of ether oxygens (including phenoxy) is 1. The lowest BCUT2D eigenvalue weighted by Gasteiger charge is -2.21. The minimum atomic E-state index is -0.787. The van der Waals surface area contributed by atoms with Gasteiger partial charge in [-0.05, 0) is 41.3 Å². The Labute approximate surface area is 163 Å². The normalized spacial score (nSPS) is 21.0. The Morgan fingerprint density at radius 2 is 1.68 bits per heavy atom. The first-order valence-electron chi connectivity index (χ1n) is 9.27. The van der Waals surface area contributed by atoms with E-state index >= 15 is 0 Å². The van der Waals surface area contributed by atoms with Crippen LogP contribution in [0.4, 0.5) is 5.69 Å². The zero-order valence-electron chi connectivity index (χ0n) is 16.1. The number of hydrogen-bond donors (Lipinski definition) is 0. The summed E-state index contributed by atoms with van der Waals surface area (Å²) < 4.78 is 5.14. The summed E-state index contributed by atoms with van der Waals surface area (Å²) in [7, 11) is 1.57. The van der Waals surface area contributed by atoms with Crippen LogP contribution in [0.2, 0.25) is 0 Å². The number of imide groups is 1. The highest BCUT2D eigenvalue weighted by Gasteiger charge is 2.54. The Kier molecular flexibility index (Phi) is 4.58. The van der Waals surface area contributed by atoms with Crippen molar-refractivity contribution in [3.8, 4) is 5.75 Å². The molecule has 1 fully saturated rings. The van der Waals surface area contributed by atoms with Gasteiger partial charge in [-0.25, -0.2) is 4.90 Å². The van der Waals surface area contributed by atoms with Crippen LogP contribution in [0.15, 0.2) is 58.9 Å². The number of hydrogen-bond acceptors (Lipinski definition) is 6. The fourth-order valence-corrected chi connectivity index (χ4v) is 3.53. The van der Waals surface area contributed by atoms with Gasteiger partial charge in [-0.2, -0.15) is 5.11 Å². The van der Waals surface area contributed by atoms with Gasteiger partial charge in [-0.15, -0.1) is 0 Å². The van der Waals surface area contributed by atoms with Crippen molar-refractivity contribution in [2.45, 2.75) is 38.4 Å². The van der Waals surface area contributed by atoms with E-state index in [4.69, 9.17) is 4.74 Å². The van der Waals surface area contributed by atoms with E-state index in [0.29, 0.717) is 23.9 Å². The van der Waals surface area contributed by atoms with Gasteiger partial charge in [0.05, 0.1) is 19.3 Å². The summed E-state index contributed by atoms with van der Waals surface area (Å²) >= 11 is 0. The number of rotatable bonds is 5. The van der Waals surface area contributed by atoms with E-state index in [1.165, 1.54) is 10.5 Å². The van der Waals surface area contributed by atoms with Gasteiger partial charge in [0.15, 0.2) is 12.1 Å². The second-order valence-electron chi connectivity index (χ2n) is 7.30. The largest absolute Gasteiger partial charge is 0.497 e. The highest BCUT2D eigenvalue weighted by molar-refractivity contribution is 6.25.